The number of nitrogens with zero attached hydrogens (tertiary/aromatic N) is 5. The van der Waals surface area contributed by atoms with Crippen LogP contribution in [0.4, 0.5) is 9.93 Å². The number of nitrogens with one attached hydrogen (secondary N) is 3. The highest BCUT2D eigenvalue weighted by atomic mass is 32.2. The van der Waals surface area contributed by atoms with Crippen LogP contribution in [0.25, 0.3) is 11.4 Å². The third-order valence-electron chi connectivity index (χ3n) is 11.2. The van der Waals surface area contributed by atoms with Gasteiger partial charge in [0, 0.05) is 43.2 Å². The molecule has 5 N–H and O–H groups in total. The largest absolute Gasteiger partial charge is 0.488 e. The van der Waals surface area contributed by atoms with Gasteiger partial charge >= 0.3 is 6.09 Å². The zero-order valence-corrected chi connectivity index (χ0v) is 34.8. The second kappa shape index (κ2) is 16.7. The van der Waals surface area contributed by atoms with Crippen molar-refractivity contribution in [3.05, 3.63) is 53.8 Å². The SMILES string of the molecule is CC(C)OC(=O)Nc1nc(-c2cc(OC3CC(C(N)=O)N(C(=O)C(NC(=O)c4ccn(C)n4)C4CC4CCC=CC4CC4C(=O)NS(=O)(=O)C4(C)CC4)C3)ccn2)cs1. The molecule has 3 aliphatic carbocycles. The Labute approximate surface area is 345 Å². The zero-order valence-electron chi connectivity index (χ0n) is 33.2. The zero-order chi connectivity index (χ0) is 42.2. The van der Waals surface area contributed by atoms with Crippen molar-refractivity contribution in [2.45, 2.75) is 94.8 Å². The van der Waals surface area contributed by atoms with E-state index in [4.69, 9.17) is 15.2 Å². The van der Waals surface area contributed by atoms with Crippen molar-refractivity contribution in [3.63, 3.8) is 0 Å². The maximum atomic E-state index is 14.4. The number of carbonyl (C=O) groups excluding carboxylic acids is 5. The molecule has 1 aliphatic heterocycles. The topological polar surface area (TPSA) is 247 Å². The number of ether oxygens (including phenoxy) is 2. The molecule has 7 unspecified atom stereocenters. The molecule has 0 bridgehead atoms. The van der Waals surface area contributed by atoms with Crippen LogP contribution in [0.5, 0.6) is 5.75 Å². The average molecular weight is 852 g/mol. The molecule has 3 aromatic heterocycles. The number of carbonyl (C=O) groups is 5. The molecular weight excluding hydrogens is 803 g/mol. The summed E-state index contributed by atoms with van der Waals surface area (Å²) < 4.78 is 39.2. The van der Waals surface area contributed by atoms with E-state index in [0.29, 0.717) is 60.8 Å². The molecule has 4 aliphatic rings. The first kappa shape index (κ1) is 41.8. The van der Waals surface area contributed by atoms with E-state index in [1.807, 2.05) is 12.2 Å². The van der Waals surface area contributed by atoms with Crippen LogP contribution < -0.4 is 25.8 Å². The molecule has 20 heteroatoms. The van der Waals surface area contributed by atoms with Crippen molar-refractivity contribution >= 4 is 56.2 Å². The average Bonchev–Trinajstić information content (AvgIpc) is 4.12. The van der Waals surface area contributed by atoms with Gasteiger partial charge in [0.15, 0.2) is 5.13 Å². The number of pyridine rings is 1. The number of thiazole rings is 1. The van der Waals surface area contributed by atoms with E-state index in [0.717, 1.165) is 0 Å². The summed E-state index contributed by atoms with van der Waals surface area (Å²) in [6.45, 7) is 5.16. The number of likely N-dealkylation sites (tertiary alicyclic amines) is 1. The first-order valence-corrected chi connectivity index (χ1v) is 22.1. The minimum absolute atomic E-state index is 0.0293. The molecule has 3 saturated carbocycles. The van der Waals surface area contributed by atoms with Crippen molar-refractivity contribution in [3.8, 4) is 17.1 Å². The lowest BCUT2D eigenvalue weighted by atomic mass is 10.0. The summed E-state index contributed by atoms with van der Waals surface area (Å²) in [6, 6.07) is 2.94. The smallest absolute Gasteiger partial charge is 0.413 e. The number of hydrogen-bond donors (Lipinski definition) is 4. The Balaban J connectivity index is 0.973. The van der Waals surface area contributed by atoms with Crippen LogP contribution in [0.15, 0.2) is 48.1 Å². The van der Waals surface area contributed by atoms with Crippen molar-refractivity contribution in [1.82, 2.24) is 34.7 Å². The fourth-order valence-corrected chi connectivity index (χ4v) is 9.36. The molecular formula is C39H49N9O9S2. The lowest BCUT2D eigenvalue weighted by Crippen LogP contribution is -2.54. The number of hydrogen-bond acceptors (Lipinski definition) is 13. The molecule has 7 atom stereocenters. The predicted octanol–water partition coefficient (Wildman–Crippen LogP) is 3.13. The summed E-state index contributed by atoms with van der Waals surface area (Å²) in [5.74, 6) is -2.21. The number of rotatable bonds is 17. The number of nitrogens with two attached hydrogens (primary N) is 1. The maximum Gasteiger partial charge on any atom is 0.413 e. The van der Waals surface area contributed by atoms with Crippen molar-refractivity contribution < 1.29 is 41.9 Å². The molecule has 3 aromatic rings. The molecule has 4 heterocycles. The van der Waals surface area contributed by atoms with E-state index in [2.05, 4.69) is 30.4 Å². The van der Waals surface area contributed by atoms with Crippen LogP contribution in [0, 0.1) is 23.7 Å². The molecule has 4 fully saturated rings. The summed E-state index contributed by atoms with van der Waals surface area (Å²) in [5.41, 5.74) is 6.96. The van der Waals surface area contributed by atoms with Crippen LogP contribution in [0.3, 0.4) is 0 Å². The highest BCUT2D eigenvalue weighted by Gasteiger charge is 2.53. The van der Waals surface area contributed by atoms with Crippen LogP contribution in [0.1, 0.15) is 76.2 Å². The molecule has 0 radical (unpaired) electrons. The van der Waals surface area contributed by atoms with Crippen molar-refractivity contribution in [2.24, 2.45) is 36.5 Å². The minimum atomic E-state index is -3.68. The number of sulfonamides is 1. The first-order chi connectivity index (χ1) is 28.0. The number of aromatic nitrogens is 4. The monoisotopic (exact) mass is 851 g/mol. The Morgan fingerprint density at radius 2 is 1.90 bits per heavy atom. The molecule has 0 aromatic carbocycles. The molecule has 5 amide bonds. The number of amides is 5. The van der Waals surface area contributed by atoms with Gasteiger partial charge in [0.1, 0.15) is 35.3 Å². The second-order valence-corrected chi connectivity index (χ2v) is 19.3. The fraction of sp³-hybridized carbons (Fsp3) is 0.538. The van der Waals surface area contributed by atoms with E-state index in [1.165, 1.54) is 20.9 Å². The van der Waals surface area contributed by atoms with Crippen LogP contribution in [-0.2, 0) is 36.2 Å². The van der Waals surface area contributed by atoms with Crippen LogP contribution >= 0.6 is 11.3 Å². The van der Waals surface area contributed by atoms with Gasteiger partial charge in [-0.25, -0.2) is 18.2 Å². The Morgan fingerprint density at radius 3 is 2.59 bits per heavy atom. The lowest BCUT2D eigenvalue weighted by Gasteiger charge is -2.28. The third-order valence-corrected chi connectivity index (χ3v) is 14.2. The standard InChI is InChI=1S/C39H49N9O9S2/c1-21(2)56-38(53)44-37-42-30(20-58-37)29-17-24(9-13-41-29)57-25-18-31(33(40)49)48(19-25)36(52)32(43-35(51)28-10-14-47(4)45-28)26-15-22(26)7-5-6-8-23-16-27(23)34(50)46-59(54,55)39(3)11-12-39/h6,8-10,13-14,17,20-23,25-27,31-32H,5,7,11-12,15-16,18-19H2,1-4H3,(H2,40,49)(H,43,51)(H,46,50)(H,42,44,53). The molecule has 1 saturated heterocycles. The summed E-state index contributed by atoms with van der Waals surface area (Å²) in [4.78, 5) is 75.4. The van der Waals surface area contributed by atoms with Gasteiger partial charge < -0.3 is 25.4 Å². The predicted molar refractivity (Wildman–Crippen MR) is 215 cm³/mol. The Hall–Kier alpha value is -5.37. The van der Waals surface area contributed by atoms with Gasteiger partial charge in [0.2, 0.25) is 27.7 Å². The Morgan fingerprint density at radius 1 is 1.12 bits per heavy atom. The summed E-state index contributed by atoms with van der Waals surface area (Å²) in [7, 11) is -1.99. The van der Waals surface area contributed by atoms with E-state index in [-0.39, 0.29) is 48.4 Å². The van der Waals surface area contributed by atoms with Gasteiger partial charge in [-0.1, -0.05) is 12.2 Å². The first-order valence-electron chi connectivity index (χ1n) is 19.7. The highest BCUT2D eigenvalue weighted by molar-refractivity contribution is 7.91. The summed E-state index contributed by atoms with van der Waals surface area (Å²) >= 11 is 1.20. The van der Waals surface area contributed by atoms with Crippen molar-refractivity contribution in [1.29, 1.82) is 0 Å². The van der Waals surface area contributed by atoms with Gasteiger partial charge in [0.25, 0.3) is 5.91 Å². The third kappa shape index (κ3) is 9.92. The van der Waals surface area contributed by atoms with Gasteiger partial charge in [-0.2, -0.15) is 5.10 Å². The molecule has 59 heavy (non-hydrogen) atoms. The number of aryl methyl sites for hydroxylation is 1. The molecule has 18 nitrogen and oxygen atoms in total. The van der Waals surface area contributed by atoms with Gasteiger partial charge in [-0.15, -0.1) is 11.3 Å². The summed E-state index contributed by atoms with van der Waals surface area (Å²) in [5, 5.41) is 11.7. The number of primary amides is 1. The quantitative estimate of drug-likeness (QED) is 0.143. The fourth-order valence-electron chi connectivity index (χ4n) is 7.37. The van der Waals surface area contributed by atoms with Crippen LogP contribution in [0.2, 0.25) is 0 Å². The van der Waals surface area contributed by atoms with Crippen molar-refractivity contribution in [2.75, 3.05) is 11.9 Å². The Kier molecular flexibility index (Phi) is 11.8. The maximum absolute atomic E-state index is 14.4. The second-order valence-electron chi connectivity index (χ2n) is 16.3. The molecule has 0 spiro atoms. The molecule has 316 valence electrons. The minimum Gasteiger partial charge on any atom is -0.488 e. The van der Waals surface area contributed by atoms with E-state index >= 15 is 0 Å². The number of anilines is 1. The van der Waals surface area contributed by atoms with E-state index in [9.17, 15) is 32.4 Å². The summed E-state index contributed by atoms with van der Waals surface area (Å²) in [6.07, 6.45) is 9.45. The normalized spacial score (nSPS) is 24.7. The van der Waals surface area contributed by atoms with Gasteiger partial charge in [0.05, 0.1) is 23.1 Å². The van der Waals surface area contributed by atoms with E-state index in [1.54, 1.807) is 63.8 Å². The highest BCUT2D eigenvalue weighted by Crippen LogP contribution is 2.47. The van der Waals surface area contributed by atoms with Gasteiger partial charge in [-0.05, 0) is 89.2 Å². The lowest BCUT2D eigenvalue weighted by molar-refractivity contribution is -0.139. The Bertz CT molecular complexity index is 2250. The van der Waals surface area contributed by atoms with Gasteiger partial charge in [-0.3, -0.25) is 38.9 Å². The van der Waals surface area contributed by atoms with Crippen LogP contribution in [-0.4, -0.2) is 98.4 Å². The van der Waals surface area contributed by atoms with E-state index < -0.39 is 62.7 Å². The number of allylic oxidation sites excluding steroid dienone is 2. The molecule has 7 rings (SSSR count).